The zero-order valence-electron chi connectivity index (χ0n) is 11.8. The van der Waals surface area contributed by atoms with Crippen LogP contribution in [-0.4, -0.2) is 30.3 Å². The SMILES string of the molecule is Cc1cc(C(=O)C2(N(C)C)CCC(C)CC2)cs1. The number of ketones is 1. The summed E-state index contributed by atoms with van der Waals surface area (Å²) in [6.07, 6.45) is 4.31. The van der Waals surface area contributed by atoms with E-state index >= 15 is 0 Å². The predicted octanol–water partition coefficient (Wildman–Crippen LogP) is 3.75. The summed E-state index contributed by atoms with van der Waals surface area (Å²) in [5.41, 5.74) is 0.640. The lowest BCUT2D eigenvalue weighted by Gasteiger charge is -2.43. The standard InChI is InChI=1S/C15H23NOS/c1-11-5-7-15(8-6-11,16(3)4)14(17)13-9-12(2)18-10-13/h9-11H,5-8H2,1-4H3. The first-order valence-corrected chi connectivity index (χ1v) is 7.61. The Morgan fingerprint density at radius 1 is 1.39 bits per heavy atom. The van der Waals surface area contributed by atoms with Gasteiger partial charge in [-0.15, -0.1) is 11.3 Å². The van der Waals surface area contributed by atoms with Gasteiger partial charge in [-0.05, 0) is 58.7 Å². The molecule has 100 valence electrons. The summed E-state index contributed by atoms with van der Waals surface area (Å²) in [7, 11) is 4.10. The van der Waals surface area contributed by atoms with E-state index in [-0.39, 0.29) is 5.54 Å². The molecule has 1 fully saturated rings. The predicted molar refractivity (Wildman–Crippen MR) is 77.4 cm³/mol. The molecule has 3 heteroatoms. The van der Waals surface area contributed by atoms with E-state index in [0.717, 1.165) is 37.2 Å². The van der Waals surface area contributed by atoms with E-state index in [1.54, 1.807) is 11.3 Å². The van der Waals surface area contributed by atoms with Crippen molar-refractivity contribution >= 4 is 17.1 Å². The molecular formula is C15H23NOS. The molecule has 0 saturated heterocycles. The number of Topliss-reactive ketones (excluding diaryl/α,β-unsaturated/α-hetero) is 1. The molecule has 0 spiro atoms. The number of rotatable bonds is 3. The van der Waals surface area contributed by atoms with Gasteiger partial charge in [-0.2, -0.15) is 0 Å². The lowest BCUT2D eigenvalue weighted by molar-refractivity contribution is 0.0514. The van der Waals surface area contributed by atoms with Crippen LogP contribution >= 0.6 is 11.3 Å². The van der Waals surface area contributed by atoms with E-state index in [9.17, 15) is 4.79 Å². The van der Waals surface area contributed by atoms with E-state index < -0.39 is 0 Å². The molecule has 0 unspecified atom stereocenters. The second kappa shape index (κ2) is 5.14. The molecule has 18 heavy (non-hydrogen) atoms. The minimum absolute atomic E-state index is 0.264. The first kappa shape index (κ1) is 13.8. The topological polar surface area (TPSA) is 20.3 Å². The van der Waals surface area contributed by atoms with Crippen molar-refractivity contribution in [3.63, 3.8) is 0 Å². The van der Waals surface area contributed by atoms with Gasteiger partial charge in [-0.25, -0.2) is 0 Å². The van der Waals surface area contributed by atoms with Crippen LogP contribution in [0.3, 0.4) is 0 Å². The molecule has 1 aromatic heterocycles. The Kier molecular flexibility index (Phi) is 3.93. The highest BCUT2D eigenvalue weighted by Crippen LogP contribution is 2.38. The van der Waals surface area contributed by atoms with Crippen LogP contribution in [0.15, 0.2) is 11.4 Å². The Morgan fingerprint density at radius 2 is 2.00 bits per heavy atom. The molecule has 0 radical (unpaired) electrons. The van der Waals surface area contributed by atoms with Crippen LogP contribution in [0.5, 0.6) is 0 Å². The van der Waals surface area contributed by atoms with Gasteiger partial charge in [-0.3, -0.25) is 9.69 Å². The number of hydrogen-bond acceptors (Lipinski definition) is 3. The number of carbonyl (C=O) groups is 1. The minimum atomic E-state index is -0.264. The van der Waals surface area contributed by atoms with Crippen molar-refractivity contribution in [1.29, 1.82) is 0 Å². The minimum Gasteiger partial charge on any atom is -0.297 e. The van der Waals surface area contributed by atoms with Gasteiger partial charge < -0.3 is 0 Å². The van der Waals surface area contributed by atoms with Crippen LogP contribution in [0.25, 0.3) is 0 Å². The third-order valence-corrected chi connectivity index (χ3v) is 5.23. The van der Waals surface area contributed by atoms with E-state index in [0.29, 0.717) is 5.78 Å². The summed E-state index contributed by atoms with van der Waals surface area (Å²) in [5, 5.41) is 2.01. The zero-order chi connectivity index (χ0) is 13.3. The van der Waals surface area contributed by atoms with Gasteiger partial charge in [0.25, 0.3) is 0 Å². The van der Waals surface area contributed by atoms with Gasteiger partial charge in [0, 0.05) is 15.8 Å². The summed E-state index contributed by atoms with van der Waals surface area (Å²) in [6, 6.07) is 2.04. The zero-order valence-corrected chi connectivity index (χ0v) is 12.6. The van der Waals surface area contributed by atoms with Crippen LogP contribution in [0.1, 0.15) is 47.8 Å². The van der Waals surface area contributed by atoms with Crippen molar-refractivity contribution in [3.05, 3.63) is 21.9 Å². The van der Waals surface area contributed by atoms with Gasteiger partial charge in [0.15, 0.2) is 5.78 Å². The van der Waals surface area contributed by atoms with Crippen LogP contribution < -0.4 is 0 Å². The smallest absolute Gasteiger partial charge is 0.183 e. The van der Waals surface area contributed by atoms with E-state index in [1.165, 1.54) is 4.88 Å². The molecule has 2 rings (SSSR count). The average molecular weight is 265 g/mol. The molecule has 0 N–H and O–H groups in total. The number of thiophene rings is 1. The molecule has 1 heterocycles. The van der Waals surface area contributed by atoms with Crippen molar-refractivity contribution in [3.8, 4) is 0 Å². The molecule has 0 aliphatic heterocycles. The maximum absolute atomic E-state index is 12.8. The fraction of sp³-hybridized carbons (Fsp3) is 0.667. The lowest BCUT2D eigenvalue weighted by atomic mass is 9.72. The first-order chi connectivity index (χ1) is 8.45. The lowest BCUT2D eigenvalue weighted by Crippen LogP contribution is -2.53. The van der Waals surface area contributed by atoms with Crippen LogP contribution in [0.4, 0.5) is 0 Å². The molecule has 2 nitrogen and oxygen atoms in total. The number of carbonyl (C=O) groups excluding carboxylic acids is 1. The van der Waals surface area contributed by atoms with Gasteiger partial charge in [0.05, 0.1) is 5.54 Å². The van der Waals surface area contributed by atoms with Gasteiger partial charge in [0.2, 0.25) is 0 Å². The highest BCUT2D eigenvalue weighted by Gasteiger charge is 2.43. The number of likely N-dealkylation sites (N-methyl/N-ethyl adjacent to an activating group) is 1. The highest BCUT2D eigenvalue weighted by atomic mass is 32.1. The summed E-state index contributed by atoms with van der Waals surface area (Å²) in [4.78, 5) is 16.2. The summed E-state index contributed by atoms with van der Waals surface area (Å²) in [6.45, 7) is 4.35. The monoisotopic (exact) mass is 265 g/mol. The number of hydrogen-bond donors (Lipinski definition) is 0. The Labute approximate surface area is 114 Å². The first-order valence-electron chi connectivity index (χ1n) is 6.73. The van der Waals surface area contributed by atoms with E-state index in [1.807, 2.05) is 25.5 Å². The maximum atomic E-state index is 12.8. The average Bonchev–Trinajstić information content (AvgIpc) is 2.76. The van der Waals surface area contributed by atoms with Crippen LogP contribution in [0.2, 0.25) is 0 Å². The number of nitrogens with zero attached hydrogens (tertiary/aromatic N) is 1. The highest BCUT2D eigenvalue weighted by molar-refractivity contribution is 7.10. The fourth-order valence-corrected chi connectivity index (χ4v) is 3.63. The summed E-state index contributed by atoms with van der Waals surface area (Å²) >= 11 is 1.67. The fourth-order valence-electron chi connectivity index (χ4n) is 2.95. The Bertz CT molecular complexity index is 427. The van der Waals surface area contributed by atoms with Gasteiger partial charge in [0.1, 0.15) is 0 Å². The third-order valence-electron chi connectivity index (χ3n) is 4.37. The van der Waals surface area contributed by atoms with Crippen LogP contribution in [-0.2, 0) is 0 Å². The normalized spacial score (nSPS) is 28.6. The molecule has 0 aromatic carbocycles. The molecule has 0 atom stereocenters. The van der Waals surface area contributed by atoms with Crippen LogP contribution in [0, 0.1) is 12.8 Å². The van der Waals surface area contributed by atoms with Crippen molar-refractivity contribution in [2.75, 3.05) is 14.1 Å². The van der Waals surface area contributed by atoms with Crippen molar-refractivity contribution in [1.82, 2.24) is 4.90 Å². The summed E-state index contributed by atoms with van der Waals surface area (Å²) < 4.78 is 0. The van der Waals surface area contributed by atoms with Crippen molar-refractivity contribution in [2.45, 2.75) is 45.1 Å². The molecule has 1 aliphatic carbocycles. The summed E-state index contributed by atoms with van der Waals surface area (Å²) in [5.74, 6) is 1.08. The number of aryl methyl sites for hydroxylation is 1. The van der Waals surface area contributed by atoms with Crippen molar-refractivity contribution < 1.29 is 4.79 Å². The largest absolute Gasteiger partial charge is 0.297 e. The Morgan fingerprint density at radius 3 is 2.44 bits per heavy atom. The van der Waals surface area contributed by atoms with Gasteiger partial charge in [-0.1, -0.05) is 6.92 Å². The van der Waals surface area contributed by atoms with Crippen molar-refractivity contribution in [2.24, 2.45) is 5.92 Å². The third kappa shape index (κ3) is 2.39. The molecule has 0 amide bonds. The second-order valence-corrected chi connectivity index (χ2v) is 7.00. The molecular weight excluding hydrogens is 242 g/mol. The maximum Gasteiger partial charge on any atom is 0.183 e. The van der Waals surface area contributed by atoms with E-state index in [2.05, 4.69) is 18.7 Å². The Hall–Kier alpha value is -0.670. The Balaban J connectivity index is 2.28. The van der Waals surface area contributed by atoms with Gasteiger partial charge >= 0.3 is 0 Å². The molecule has 0 bridgehead atoms. The quantitative estimate of drug-likeness (QED) is 0.776. The molecule has 1 saturated carbocycles. The molecule has 1 aromatic rings. The van der Waals surface area contributed by atoms with E-state index in [4.69, 9.17) is 0 Å². The molecule has 1 aliphatic rings. The second-order valence-electron chi connectivity index (χ2n) is 5.88.